The Balaban J connectivity index is 2.36. The van der Waals surface area contributed by atoms with E-state index in [1.165, 1.54) is 0 Å². The standard InChI is InChI=1S/C9H20N2O2/c1-3-13-9-7-11(5-4-10)6-8(9)12-2/h8-9H,3-7,10H2,1-2H3/t8-,9-/m0/s1. The molecular weight excluding hydrogens is 168 g/mol. The van der Waals surface area contributed by atoms with Crippen molar-refractivity contribution in [1.29, 1.82) is 0 Å². The first kappa shape index (κ1) is 10.9. The molecule has 4 heteroatoms. The molecule has 0 saturated carbocycles. The van der Waals surface area contributed by atoms with Crippen molar-refractivity contribution in [3.8, 4) is 0 Å². The second-order valence-electron chi connectivity index (χ2n) is 3.32. The second kappa shape index (κ2) is 5.54. The van der Waals surface area contributed by atoms with Crippen molar-refractivity contribution in [3.63, 3.8) is 0 Å². The molecule has 0 aromatic heterocycles. The summed E-state index contributed by atoms with van der Waals surface area (Å²) in [4.78, 5) is 2.29. The maximum Gasteiger partial charge on any atom is 0.0975 e. The molecule has 0 aromatic rings. The predicted octanol–water partition coefficient (Wildman–Crippen LogP) is -0.319. The molecule has 1 aliphatic heterocycles. The van der Waals surface area contributed by atoms with Gasteiger partial charge in [0.25, 0.3) is 0 Å². The lowest BCUT2D eigenvalue weighted by atomic mass is 10.2. The minimum absolute atomic E-state index is 0.214. The quantitative estimate of drug-likeness (QED) is 0.642. The number of rotatable bonds is 5. The third-order valence-electron chi connectivity index (χ3n) is 2.42. The van der Waals surface area contributed by atoms with Crippen LogP contribution in [0.2, 0.25) is 0 Å². The van der Waals surface area contributed by atoms with Crippen molar-refractivity contribution >= 4 is 0 Å². The van der Waals surface area contributed by atoms with Crippen molar-refractivity contribution in [3.05, 3.63) is 0 Å². The molecule has 0 radical (unpaired) electrons. The number of nitrogens with zero attached hydrogens (tertiary/aromatic N) is 1. The molecule has 0 unspecified atom stereocenters. The summed E-state index contributed by atoms with van der Waals surface area (Å²) >= 11 is 0. The monoisotopic (exact) mass is 188 g/mol. The zero-order valence-corrected chi connectivity index (χ0v) is 8.53. The van der Waals surface area contributed by atoms with Crippen LogP contribution in [0.3, 0.4) is 0 Å². The average molecular weight is 188 g/mol. The van der Waals surface area contributed by atoms with Gasteiger partial charge in [0, 0.05) is 39.9 Å². The molecule has 2 N–H and O–H groups in total. The summed E-state index contributed by atoms with van der Waals surface area (Å²) in [6.07, 6.45) is 0.438. The van der Waals surface area contributed by atoms with E-state index in [2.05, 4.69) is 4.90 Å². The molecular formula is C9H20N2O2. The van der Waals surface area contributed by atoms with Gasteiger partial charge >= 0.3 is 0 Å². The molecule has 1 fully saturated rings. The fraction of sp³-hybridized carbons (Fsp3) is 1.00. The Morgan fingerprint density at radius 1 is 1.38 bits per heavy atom. The van der Waals surface area contributed by atoms with Gasteiger partial charge in [0.1, 0.15) is 0 Å². The number of methoxy groups -OCH3 is 1. The van der Waals surface area contributed by atoms with E-state index in [0.717, 1.165) is 26.2 Å². The molecule has 1 aliphatic rings. The highest BCUT2D eigenvalue weighted by Crippen LogP contribution is 2.15. The van der Waals surface area contributed by atoms with Gasteiger partial charge in [0.05, 0.1) is 12.2 Å². The van der Waals surface area contributed by atoms with Crippen LogP contribution in [0.25, 0.3) is 0 Å². The third-order valence-corrected chi connectivity index (χ3v) is 2.42. The molecule has 0 amide bonds. The Morgan fingerprint density at radius 2 is 2.08 bits per heavy atom. The lowest BCUT2D eigenvalue weighted by Gasteiger charge is -2.16. The van der Waals surface area contributed by atoms with E-state index >= 15 is 0 Å². The van der Waals surface area contributed by atoms with Gasteiger partial charge in [-0.25, -0.2) is 0 Å². The molecule has 0 aliphatic carbocycles. The molecule has 78 valence electrons. The van der Waals surface area contributed by atoms with Crippen LogP contribution in [0.4, 0.5) is 0 Å². The summed E-state index contributed by atoms with van der Waals surface area (Å²) in [6, 6.07) is 0. The van der Waals surface area contributed by atoms with Crippen LogP contribution >= 0.6 is 0 Å². The maximum absolute atomic E-state index is 5.58. The summed E-state index contributed by atoms with van der Waals surface area (Å²) in [6.45, 7) is 6.29. The third kappa shape index (κ3) is 2.91. The molecule has 1 heterocycles. The number of hydrogen-bond donors (Lipinski definition) is 1. The fourth-order valence-corrected chi connectivity index (χ4v) is 1.78. The molecule has 2 atom stereocenters. The van der Waals surface area contributed by atoms with Gasteiger partial charge in [-0.1, -0.05) is 0 Å². The minimum Gasteiger partial charge on any atom is -0.377 e. The van der Waals surface area contributed by atoms with Crippen LogP contribution in [0, 0.1) is 0 Å². The average Bonchev–Trinajstić information content (AvgIpc) is 2.49. The molecule has 1 rings (SSSR count). The number of nitrogens with two attached hydrogens (primary N) is 1. The summed E-state index contributed by atoms with van der Waals surface area (Å²) in [5.74, 6) is 0. The normalized spacial score (nSPS) is 29.8. The van der Waals surface area contributed by atoms with Crippen LogP contribution in [0.15, 0.2) is 0 Å². The van der Waals surface area contributed by atoms with Crippen molar-refractivity contribution < 1.29 is 9.47 Å². The summed E-state index contributed by atoms with van der Waals surface area (Å²) in [5, 5.41) is 0. The van der Waals surface area contributed by atoms with Gasteiger partial charge in [0.2, 0.25) is 0 Å². The van der Waals surface area contributed by atoms with E-state index in [1.807, 2.05) is 6.92 Å². The Bertz CT molecular complexity index is 144. The van der Waals surface area contributed by atoms with E-state index in [9.17, 15) is 0 Å². The Hall–Kier alpha value is -0.160. The van der Waals surface area contributed by atoms with Gasteiger partial charge < -0.3 is 15.2 Å². The first-order valence-electron chi connectivity index (χ1n) is 4.88. The van der Waals surface area contributed by atoms with Gasteiger partial charge in [0.15, 0.2) is 0 Å². The van der Waals surface area contributed by atoms with Crippen LogP contribution < -0.4 is 5.73 Å². The first-order chi connectivity index (χ1) is 6.31. The zero-order chi connectivity index (χ0) is 9.68. The van der Waals surface area contributed by atoms with E-state index in [-0.39, 0.29) is 12.2 Å². The van der Waals surface area contributed by atoms with E-state index < -0.39 is 0 Å². The molecule has 0 spiro atoms. The maximum atomic E-state index is 5.58. The summed E-state index contributed by atoms with van der Waals surface area (Å²) in [5.41, 5.74) is 5.49. The Kier molecular flexibility index (Phi) is 4.66. The molecule has 1 saturated heterocycles. The number of ether oxygens (including phenoxy) is 2. The fourth-order valence-electron chi connectivity index (χ4n) is 1.78. The van der Waals surface area contributed by atoms with E-state index in [1.54, 1.807) is 7.11 Å². The van der Waals surface area contributed by atoms with Crippen molar-refractivity contribution in [1.82, 2.24) is 4.90 Å². The summed E-state index contributed by atoms with van der Waals surface area (Å²) in [7, 11) is 1.74. The summed E-state index contributed by atoms with van der Waals surface area (Å²) < 4.78 is 10.9. The van der Waals surface area contributed by atoms with Crippen molar-refractivity contribution in [2.75, 3.05) is 39.9 Å². The lowest BCUT2D eigenvalue weighted by Crippen LogP contribution is -2.28. The highest BCUT2D eigenvalue weighted by molar-refractivity contribution is 4.85. The molecule has 0 aromatic carbocycles. The van der Waals surface area contributed by atoms with Gasteiger partial charge in [-0.2, -0.15) is 0 Å². The van der Waals surface area contributed by atoms with Crippen molar-refractivity contribution in [2.24, 2.45) is 5.73 Å². The molecule has 13 heavy (non-hydrogen) atoms. The van der Waals surface area contributed by atoms with E-state index in [0.29, 0.717) is 6.54 Å². The zero-order valence-electron chi connectivity index (χ0n) is 8.53. The van der Waals surface area contributed by atoms with E-state index in [4.69, 9.17) is 15.2 Å². The van der Waals surface area contributed by atoms with Gasteiger partial charge in [-0.05, 0) is 6.92 Å². The minimum atomic E-state index is 0.214. The van der Waals surface area contributed by atoms with Crippen LogP contribution in [-0.4, -0.2) is 57.0 Å². The highest BCUT2D eigenvalue weighted by atomic mass is 16.5. The Morgan fingerprint density at radius 3 is 2.62 bits per heavy atom. The smallest absolute Gasteiger partial charge is 0.0975 e. The predicted molar refractivity (Wildman–Crippen MR) is 51.7 cm³/mol. The number of hydrogen-bond acceptors (Lipinski definition) is 4. The SMILES string of the molecule is CCO[C@H]1CN(CCN)C[C@@H]1OC. The van der Waals surface area contributed by atoms with Crippen LogP contribution in [-0.2, 0) is 9.47 Å². The van der Waals surface area contributed by atoms with Crippen molar-refractivity contribution in [2.45, 2.75) is 19.1 Å². The second-order valence-corrected chi connectivity index (χ2v) is 3.32. The van der Waals surface area contributed by atoms with Gasteiger partial charge in [-0.15, -0.1) is 0 Å². The number of likely N-dealkylation sites (tertiary alicyclic amines) is 1. The topological polar surface area (TPSA) is 47.7 Å². The largest absolute Gasteiger partial charge is 0.377 e. The molecule has 0 bridgehead atoms. The van der Waals surface area contributed by atoms with Gasteiger partial charge in [-0.3, -0.25) is 4.90 Å². The van der Waals surface area contributed by atoms with Crippen LogP contribution in [0.1, 0.15) is 6.92 Å². The Labute approximate surface area is 80.0 Å². The highest BCUT2D eigenvalue weighted by Gasteiger charge is 2.32. The molecule has 4 nitrogen and oxygen atoms in total. The lowest BCUT2D eigenvalue weighted by molar-refractivity contribution is -0.0233. The van der Waals surface area contributed by atoms with Crippen LogP contribution in [0.5, 0.6) is 0 Å². The first-order valence-corrected chi connectivity index (χ1v) is 4.88.